The molecule has 0 radical (unpaired) electrons. The minimum atomic E-state index is 0.547. The lowest BCUT2D eigenvalue weighted by Crippen LogP contribution is -2.52. The number of nitrogens with zero attached hydrogens (tertiary/aromatic N) is 1. The van der Waals surface area contributed by atoms with Crippen LogP contribution in [0.4, 0.5) is 0 Å². The van der Waals surface area contributed by atoms with Crippen LogP contribution in [0.3, 0.4) is 0 Å². The van der Waals surface area contributed by atoms with Crippen LogP contribution >= 0.6 is 0 Å². The largest absolute Gasteiger partial charge is 0.311 e. The van der Waals surface area contributed by atoms with Gasteiger partial charge in [-0.15, -0.1) is 0 Å². The summed E-state index contributed by atoms with van der Waals surface area (Å²) in [6, 6.07) is 12.2. The Balaban J connectivity index is 2.00. The molecule has 0 amide bonds. The van der Waals surface area contributed by atoms with Gasteiger partial charge < -0.3 is 5.32 Å². The van der Waals surface area contributed by atoms with E-state index in [2.05, 4.69) is 61.3 Å². The smallest absolute Gasteiger partial charge is 0.0473 e. The lowest BCUT2D eigenvalue weighted by Gasteiger charge is -2.40. The van der Waals surface area contributed by atoms with Crippen molar-refractivity contribution in [3.8, 4) is 0 Å². The van der Waals surface area contributed by atoms with Gasteiger partial charge in [-0.25, -0.2) is 0 Å². The first kappa shape index (κ1) is 15.5. The molecular formula is C18H30N2. The van der Waals surface area contributed by atoms with E-state index < -0.39 is 0 Å². The summed E-state index contributed by atoms with van der Waals surface area (Å²) in [5, 5.41) is 3.70. The molecule has 2 unspecified atom stereocenters. The van der Waals surface area contributed by atoms with Gasteiger partial charge in [0.25, 0.3) is 0 Å². The first-order chi connectivity index (χ1) is 9.70. The topological polar surface area (TPSA) is 15.3 Å². The molecule has 20 heavy (non-hydrogen) atoms. The number of hydrogen-bond acceptors (Lipinski definition) is 2. The van der Waals surface area contributed by atoms with Gasteiger partial charge in [0.15, 0.2) is 0 Å². The molecule has 2 atom stereocenters. The molecule has 1 saturated heterocycles. The Kier molecular flexibility index (Phi) is 6.06. The number of benzene rings is 1. The van der Waals surface area contributed by atoms with Crippen molar-refractivity contribution in [1.82, 2.24) is 10.2 Å². The fraction of sp³-hybridized carbons (Fsp3) is 0.667. The summed E-state index contributed by atoms with van der Waals surface area (Å²) in [7, 11) is 0. The van der Waals surface area contributed by atoms with E-state index in [0.717, 1.165) is 12.5 Å². The molecule has 1 fully saturated rings. The average Bonchev–Trinajstić information content (AvgIpc) is 2.47. The zero-order valence-electron chi connectivity index (χ0n) is 13.3. The molecule has 1 aliphatic rings. The first-order valence-electron chi connectivity index (χ1n) is 8.23. The molecule has 1 aliphatic heterocycles. The number of nitrogens with one attached hydrogen (secondary N) is 1. The maximum Gasteiger partial charge on any atom is 0.0473 e. The molecule has 0 bridgehead atoms. The molecule has 1 aromatic rings. The van der Waals surface area contributed by atoms with E-state index in [-0.39, 0.29) is 0 Å². The van der Waals surface area contributed by atoms with Crippen molar-refractivity contribution < 1.29 is 0 Å². The van der Waals surface area contributed by atoms with Crippen molar-refractivity contribution in [2.45, 2.75) is 52.1 Å². The Hall–Kier alpha value is -0.860. The minimum absolute atomic E-state index is 0.547. The first-order valence-corrected chi connectivity index (χ1v) is 8.23. The van der Waals surface area contributed by atoms with E-state index >= 15 is 0 Å². The molecule has 1 N–H and O–H groups in total. The molecule has 2 heteroatoms. The van der Waals surface area contributed by atoms with Crippen LogP contribution in [0.25, 0.3) is 0 Å². The summed E-state index contributed by atoms with van der Waals surface area (Å²) in [6.45, 7) is 10.4. The maximum absolute atomic E-state index is 3.70. The van der Waals surface area contributed by atoms with E-state index in [1.165, 1.54) is 37.9 Å². The Morgan fingerprint density at radius 2 is 2.00 bits per heavy atom. The SMILES string of the molecule is CCC1CN(CCCC(C)C)C(c2ccccc2)CN1. The molecule has 1 aromatic carbocycles. The van der Waals surface area contributed by atoms with Crippen LogP contribution in [0.1, 0.15) is 51.6 Å². The highest BCUT2D eigenvalue weighted by molar-refractivity contribution is 5.20. The van der Waals surface area contributed by atoms with E-state index in [4.69, 9.17) is 0 Å². The van der Waals surface area contributed by atoms with E-state index in [9.17, 15) is 0 Å². The zero-order chi connectivity index (χ0) is 14.4. The number of rotatable bonds is 6. The van der Waals surface area contributed by atoms with Crippen molar-refractivity contribution >= 4 is 0 Å². The van der Waals surface area contributed by atoms with Crippen molar-refractivity contribution in [3.63, 3.8) is 0 Å². The predicted molar refractivity (Wildman–Crippen MR) is 86.9 cm³/mol. The summed E-state index contributed by atoms with van der Waals surface area (Å²) < 4.78 is 0. The zero-order valence-corrected chi connectivity index (χ0v) is 13.3. The predicted octanol–water partition coefficient (Wildman–Crippen LogP) is 3.85. The normalized spacial score (nSPS) is 24.2. The standard InChI is InChI=1S/C18H30N2/c1-4-17-14-20(12-8-9-15(2)3)18(13-19-17)16-10-6-5-7-11-16/h5-7,10-11,15,17-19H,4,8-9,12-14H2,1-3H3. The second-order valence-electron chi connectivity index (χ2n) is 6.47. The lowest BCUT2D eigenvalue weighted by molar-refractivity contribution is 0.125. The van der Waals surface area contributed by atoms with Crippen molar-refractivity contribution in [3.05, 3.63) is 35.9 Å². The average molecular weight is 274 g/mol. The van der Waals surface area contributed by atoms with Crippen LogP contribution in [0, 0.1) is 5.92 Å². The third kappa shape index (κ3) is 4.32. The van der Waals surface area contributed by atoms with Crippen molar-refractivity contribution in [2.75, 3.05) is 19.6 Å². The maximum atomic E-state index is 3.70. The van der Waals surface area contributed by atoms with Crippen molar-refractivity contribution in [2.24, 2.45) is 5.92 Å². The Morgan fingerprint density at radius 1 is 1.25 bits per heavy atom. The quantitative estimate of drug-likeness (QED) is 0.847. The van der Waals surface area contributed by atoms with Crippen LogP contribution in [-0.4, -0.2) is 30.6 Å². The Bertz CT molecular complexity index is 374. The summed E-state index contributed by atoms with van der Waals surface area (Å²) in [5.41, 5.74) is 1.46. The van der Waals surface area contributed by atoms with Crippen LogP contribution in [0.2, 0.25) is 0 Å². The lowest BCUT2D eigenvalue weighted by atomic mass is 9.99. The molecule has 2 rings (SSSR count). The third-order valence-corrected chi connectivity index (χ3v) is 4.40. The highest BCUT2D eigenvalue weighted by Crippen LogP contribution is 2.24. The van der Waals surface area contributed by atoms with Gasteiger partial charge in [0.2, 0.25) is 0 Å². The molecule has 1 heterocycles. The number of piperazine rings is 1. The van der Waals surface area contributed by atoms with Gasteiger partial charge in [0, 0.05) is 25.2 Å². The van der Waals surface area contributed by atoms with E-state index in [1.807, 2.05) is 0 Å². The highest BCUT2D eigenvalue weighted by Gasteiger charge is 2.27. The van der Waals surface area contributed by atoms with Gasteiger partial charge >= 0.3 is 0 Å². The molecule has 0 spiro atoms. The van der Waals surface area contributed by atoms with Gasteiger partial charge in [0.1, 0.15) is 0 Å². The Morgan fingerprint density at radius 3 is 2.65 bits per heavy atom. The molecule has 112 valence electrons. The summed E-state index contributed by atoms with van der Waals surface area (Å²) in [5.74, 6) is 0.815. The van der Waals surface area contributed by atoms with Crippen LogP contribution in [-0.2, 0) is 0 Å². The van der Waals surface area contributed by atoms with E-state index in [0.29, 0.717) is 12.1 Å². The van der Waals surface area contributed by atoms with Gasteiger partial charge in [-0.2, -0.15) is 0 Å². The molecule has 2 nitrogen and oxygen atoms in total. The molecule has 0 aliphatic carbocycles. The van der Waals surface area contributed by atoms with Gasteiger partial charge in [0.05, 0.1) is 0 Å². The van der Waals surface area contributed by atoms with Crippen LogP contribution in [0.15, 0.2) is 30.3 Å². The van der Waals surface area contributed by atoms with Crippen LogP contribution in [0.5, 0.6) is 0 Å². The fourth-order valence-electron chi connectivity index (χ4n) is 3.11. The van der Waals surface area contributed by atoms with Gasteiger partial charge in [-0.3, -0.25) is 4.90 Å². The summed E-state index contributed by atoms with van der Waals surface area (Å²) in [6.07, 6.45) is 3.88. The third-order valence-electron chi connectivity index (χ3n) is 4.40. The summed E-state index contributed by atoms with van der Waals surface area (Å²) in [4.78, 5) is 2.70. The number of hydrogen-bond donors (Lipinski definition) is 1. The molecule has 0 aromatic heterocycles. The van der Waals surface area contributed by atoms with Crippen LogP contribution < -0.4 is 5.32 Å². The van der Waals surface area contributed by atoms with Crippen molar-refractivity contribution in [1.29, 1.82) is 0 Å². The molecule has 0 saturated carbocycles. The van der Waals surface area contributed by atoms with Gasteiger partial charge in [-0.05, 0) is 37.3 Å². The fourth-order valence-corrected chi connectivity index (χ4v) is 3.11. The summed E-state index contributed by atoms with van der Waals surface area (Å²) >= 11 is 0. The second-order valence-corrected chi connectivity index (χ2v) is 6.47. The Labute approximate surface area is 124 Å². The monoisotopic (exact) mass is 274 g/mol. The van der Waals surface area contributed by atoms with E-state index in [1.54, 1.807) is 0 Å². The minimum Gasteiger partial charge on any atom is -0.311 e. The second kappa shape index (κ2) is 7.80. The highest BCUT2D eigenvalue weighted by atomic mass is 15.2. The van der Waals surface area contributed by atoms with Gasteiger partial charge in [-0.1, -0.05) is 51.1 Å². The molecular weight excluding hydrogens is 244 g/mol.